The molecule has 2 rings (SSSR count). The summed E-state index contributed by atoms with van der Waals surface area (Å²) >= 11 is 1.74. The second kappa shape index (κ2) is 8.98. The Morgan fingerprint density at radius 1 is 1.52 bits per heavy atom. The van der Waals surface area contributed by atoms with Crippen LogP contribution < -0.4 is 5.32 Å². The highest BCUT2D eigenvalue weighted by Gasteiger charge is 2.08. The summed E-state index contributed by atoms with van der Waals surface area (Å²) in [5.74, 6) is 1.99. The largest absolute Gasteiger partial charge is 0.357 e. The molecule has 2 aromatic rings. The molecule has 0 aromatic carbocycles. The summed E-state index contributed by atoms with van der Waals surface area (Å²) < 4.78 is 5.07. The van der Waals surface area contributed by atoms with E-state index in [1.165, 1.54) is 4.88 Å². The summed E-state index contributed by atoms with van der Waals surface area (Å²) in [5, 5.41) is 9.10. The van der Waals surface area contributed by atoms with Gasteiger partial charge in [0, 0.05) is 18.5 Å². The van der Waals surface area contributed by atoms with Gasteiger partial charge in [0.1, 0.15) is 6.54 Å². The van der Waals surface area contributed by atoms with Crippen molar-refractivity contribution in [1.29, 1.82) is 0 Å². The molecule has 0 aliphatic carbocycles. The second-order valence-electron chi connectivity index (χ2n) is 4.34. The smallest absolute Gasteiger partial charge is 0.248 e. The maximum atomic E-state index is 5.07. The molecular weight excluding hydrogens is 401 g/mol. The van der Waals surface area contributed by atoms with Crippen molar-refractivity contribution in [2.75, 3.05) is 13.6 Å². The van der Waals surface area contributed by atoms with Gasteiger partial charge in [0.15, 0.2) is 11.8 Å². The van der Waals surface area contributed by atoms with Crippen molar-refractivity contribution in [3.05, 3.63) is 34.1 Å². The molecule has 0 radical (unpaired) electrons. The maximum absolute atomic E-state index is 5.07. The van der Waals surface area contributed by atoms with Gasteiger partial charge in [-0.1, -0.05) is 11.2 Å². The third kappa shape index (κ3) is 5.62. The van der Waals surface area contributed by atoms with Gasteiger partial charge in [0.05, 0.1) is 6.54 Å². The summed E-state index contributed by atoms with van der Waals surface area (Å²) in [6.45, 7) is 5.87. The van der Waals surface area contributed by atoms with Crippen molar-refractivity contribution in [1.82, 2.24) is 20.4 Å². The molecule has 0 bridgehead atoms. The zero-order valence-electron chi connectivity index (χ0n) is 12.4. The van der Waals surface area contributed by atoms with E-state index in [0.29, 0.717) is 18.3 Å². The number of hydrogen-bond acceptors (Lipinski definition) is 5. The fourth-order valence-electron chi connectivity index (χ4n) is 1.73. The Hall–Kier alpha value is -1.16. The number of guanidine groups is 1. The Labute approximate surface area is 145 Å². The lowest BCUT2D eigenvalue weighted by Gasteiger charge is -2.21. The van der Waals surface area contributed by atoms with Crippen molar-refractivity contribution in [2.24, 2.45) is 4.99 Å². The lowest BCUT2D eigenvalue weighted by molar-refractivity contribution is 0.375. The van der Waals surface area contributed by atoms with E-state index in [0.717, 1.165) is 19.0 Å². The molecule has 1 N–H and O–H groups in total. The van der Waals surface area contributed by atoms with Gasteiger partial charge in [-0.25, -0.2) is 4.99 Å². The molecular formula is C13H20IN5OS. The van der Waals surface area contributed by atoms with Crippen molar-refractivity contribution in [3.8, 4) is 0 Å². The Morgan fingerprint density at radius 3 is 2.90 bits per heavy atom. The average Bonchev–Trinajstić information content (AvgIpc) is 3.06. The molecule has 8 heteroatoms. The van der Waals surface area contributed by atoms with Crippen LogP contribution in [-0.4, -0.2) is 34.6 Å². The van der Waals surface area contributed by atoms with E-state index in [9.17, 15) is 0 Å². The predicted molar refractivity (Wildman–Crippen MR) is 95.1 cm³/mol. The summed E-state index contributed by atoms with van der Waals surface area (Å²) in [6, 6.07) is 4.17. The molecule has 0 fully saturated rings. The summed E-state index contributed by atoms with van der Waals surface area (Å²) in [5.41, 5.74) is 0. The SMILES string of the molecule is CCNC(=NCc1nc(C)no1)N(C)Cc1cccs1.I. The van der Waals surface area contributed by atoms with Gasteiger partial charge in [0.25, 0.3) is 0 Å². The van der Waals surface area contributed by atoms with Crippen LogP contribution in [0.15, 0.2) is 27.0 Å². The molecule has 0 saturated carbocycles. The summed E-state index contributed by atoms with van der Waals surface area (Å²) in [6.07, 6.45) is 0. The molecule has 0 unspecified atom stereocenters. The first-order valence-corrected chi connectivity index (χ1v) is 7.38. The predicted octanol–water partition coefficient (Wildman–Crippen LogP) is 2.66. The van der Waals surface area contributed by atoms with E-state index in [1.807, 2.05) is 14.0 Å². The normalized spacial score (nSPS) is 11.1. The maximum Gasteiger partial charge on any atom is 0.248 e. The molecule has 2 aromatic heterocycles. The van der Waals surface area contributed by atoms with E-state index in [1.54, 1.807) is 18.3 Å². The first kappa shape index (κ1) is 17.9. The van der Waals surface area contributed by atoms with Crippen LogP contribution in [0.4, 0.5) is 0 Å². The average molecular weight is 421 g/mol. The molecule has 0 saturated heterocycles. The first-order valence-electron chi connectivity index (χ1n) is 6.50. The minimum absolute atomic E-state index is 0. The number of aryl methyl sites for hydroxylation is 1. The number of thiophene rings is 1. The van der Waals surface area contributed by atoms with E-state index in [-0.39, 0.29) is 24.0 Å². The number of aromatic nitrogens is 2. The van der Waals surface area contributed by atoms with E-state index < -0.39 is 0 Å². The number of halogens is 1. The Kier molecular flexibility index (Phi) is 7.65. The van der Waals surface area contributed by atoms with Crippen LogP contribution in [0, 0.1) is 6.92 Å². The van der Waals surface area contributed by atoms with Crippen LogP contribution in [-0.2, 0) is 13.1 Å². The Bertz CT molecular complexity index is 555. The fraction of sp³-hybridized carbons (Fsp3) is 0.462. The first-order chi connectivity index (χ1) is 9.69. The number of nitrogens with zero attached hydrogens (tertiary/aromatic N) is 4. The monoisotopic (exact) mass is 421 g/mol. The molecule has 0 aliphatic rings. The molecule has 0 aliphatic heterocycles. The van der Waals surface area contributed by atoms with Gasteiger partial charge in [-0.15, -0.1) is 35.3 Å². The molecule has 0 atom stereocenters. The zero-order chi connectivity index (χ0) is 14.4. The van der Waals surface area contributed by atoms with Gasteiger partial charge >= 0.3 is 0 Å². The van der Waals surface area contributed by atoms with Gasteiger partial charge in [-0.05, 0) is 25.3 Å². The van der Waals surface area contributed by atoms with Crippen LogP contribution in [0.1, 0.15) is 23.5 Å². The molecule has 0 amide bonds. The lowest BCUT2D eigenvalue weighted by atomic mass is 10.4. The van der Waals surface area contributed by atoms with Gasteiger partial charge < -0.3 is 14.7 Å². The van der Waals surface area contributed by atoms with Crippen molar-refractivity contribution in [2.45, 2.75) is 26.9 Å². The third-order valence-electron chi connectivity index (χ3n) is 2.60. The number of aliphatic imine (C=N–C) groups is 1. The third-order valence-corrected chi connectivity index (χ3v) is 3.46. The number of hydrogen-bond donors (Lipinski definition) is 1. The van der Waals surface area contributed by atoms with Crippen molar-refractivity contribution in [3.63, 3.8) is 0 Å². The van der Waals surface area contributed by atoms with Crippen molar-refractivity contribution < 1.29 is 4.52 Å². The lowest BCUT2D eigenvalue weighted by Crippen LogP contribution is -2.38. The van der Waals surface area contributed by atoms with Crippen molar-refractivity contribution >= 4 is 41.3 Å². The standard InChI is InChI=1S/C13H19N5OS.HI/c1-4-14-13(15-8-12-16-10(2)17-19-12)18(3)9-11-6-5-7-20-11;/h5-7H,4,8-9H2,1-3H3,(H,14,15);1H. The van der Waals surface area contributed by atoms with Crippen LogP contribution in [0.25, 0.3) is 0 Å². The highest BCUT2D eigenvalue weighted by molar-refractivity contribution is 14.0. The highest BCUT2D eigenvalue weighted by atomic mass is 127. The highest BCUT2D eigenvalue weighted by Crippen LogP contribution is 2.11. The minimum atomic E-state index is 0. The number of nitrogens with one attached hydrogen (secondary N) is 1. The van der Waals surface area contributed by atoms with Gasteiger partial charge in [-0.2, -0.15) is 4.98 Å². The number of rotatable bonds is 5. The van der Waals surface area contributed by atoms with Crippen LogP contribution >= 0.6 is 35.3 Å². The fourth-order valence-corrected chi connectivity index (χ4v) is 2.48. The van der Waals surface area contributed by atoms with E-state index in [2.05, 4.69) is 42.9 Å². The second-order valence-corrected chi connectivity index (χ2v) is 5.37. The molecule has 21 heavy (non-hydrogen) atoms. The van der Waals surface area contributed by atoms with Crippen LogP contribution in [0.3, 0.4) is 0 Å². The molecule has 116 valence electrons. The summed E-state index contributed by atoms with van der Waals surface area (Å²) in [7, 11) is 2.01. The van der Waals surface area contributed by atoms with Crippen LogP contribution in [0.5, 0.6) is 0 Å². The summed E-state index contributed by atoms with van der Waals surface area (Å²) in [4.78, 5) is 12.0. The Balaban J connectivity index is 0.00000220. The quantitative estimate of drug-likeness (QED) is 0.457. The molecule has 2 heterocycles. The Morgan fingerprint density at radius 2 is 2.33 bits per heavy atom. The van der Waals surface area contributed by atoms with E-state index in [4.69, 9.17) is 4.52 Å². The van der Waals surface area contributed by atoms with E-state index >= 15 is 0 Å². The zero-order valence-corrected chi connectivity index (χ0v) is 15.5. The molecule has 0 spiro atoms. The van der Waals surface area contributed by atoms with Gasteiger partial charge in [0.2, 0.25) is 5.89 Å². The topological polar surface area (TPSA) is 66.5 Å². The molecule has 6 nitrogen and oxygen atoms in total. The van der Waals surface area contributed by atoms with Gasteiger partial charge in [-0.3, -0.25) is 0 Å². The van der Waals surface area contributed by atoms with Crippen LogP contribution in [0.2, 0.25) is 0 Å². The minimum Gasteiger partial charge on any atom is -0.357 e.